The maximum Gasteiger partial charge on any atom is 0.522 e. The van der Waals surface area contributed by atoms with Crippen LogP contribution >= 0.6 is 0 Å². The number of aromatic nitrogens is 5. The van der Waals surface area contributed by atoms with E-state index in [1.54, 1.807) is 0 Å². The van der Waals surface area contributed by atoms with E-state index < -0.39 is 55.1 Å². The molecule has 0 saturated heterocycles. The van der Waals surface area contributed by atoms with Gasteiger partial charge in [0.05, 0.1) is 12.3 Å². The first kappa shape index (κ1) is 27.0. The average Bonchev–Trinajstić information content (AvgIpc) is 3.18. The number of carbonyl (C=O) groups is 1. The molecule has 0 spiro atoms. The van der Waals surface area contributed by atoms with E-state index in [-0.39, 0.29) is 29.1 Å². The summed E-state index contributed by atoms with van der Waals surface area (Å²) in [5.74, 6) is -1.20. The molecule has 0 aliphatic heterocycles. The third-order valence-electron chi connectivity index (χ3n) is 6.58. The molecule has 5 rings (SSSR count). The van der Waals surface area contributed by atoms with Gasteiger partial charge in [-0.3, -0.25) is 14.2 Å². The van der Waals surface area contributed by atoms with E-state index in [1.165, 1.54) is 6.07 Å². The number of hydrogen-bond donors (Lipinski definition) is 3. The monoisotopic (exact) mass is 565 g/mol. The van der Waals surface area contributed by atoms with Crippen LogP contribution in [0, 0.1) is 0 Å². The number of amides is 1. The Bertz CT molecular complexity index is 1370. The van der Waals surface area contributed by atoms with Gasteiger partial charge in [-0.2, -0.15) is 18.3 Å². The van der Waals surface area contributed by atoms with Crippen LogP contribution in [-0.2, 0) is 22.3 Å². The highest BCUT2D eigenvalue weighted by Crippen LogP contribution is 2.40. The smallest absolute Gasteiger partial charge is 0.443 e. The van der Waals surface area contributed by atoms with Crippen LogP contribution in [0.5, 0.6) is 0 Å². The first-order valence-corrected chi connectivity index (χ1v) is 11.8. The van der Waals surface area contributed by atoms with Crippen molar-refractivity contribution in [1.29, 1.82) is 0 Å². The molecule has 3 heterocycles. The van der Waals surface area contributed by atoms with Gasteiger partial charge in [-0.25, -0.2) is 19.2 Å². The van der Waals surface area contributed by atoms with Gasteiger partial charge in [0, 0.05) is 35.5 Å². The summed E-state index contributed by atoms with van der Waals surface area (Å²) in [6.07, 6.45) is -9.85. The summed E-state index contributed by atoms with van der Waals surface area (Å²) in [6.45, 7) is 0.824. The highest BCUT2D eigenvalue weighted by atomic mass is 19.4. The standard InChI is InChI=1S/C22H22F7N7O3/c1-20(4-5-20)33-19(37)39-13-3-2-11(17(13)23)12-6-15(35-34-12)32-18-31-14(21(24,25)26)7-16-30-10(8-36(16)18)9-38-22(27,28)29/h6-8,11,13,17H,2-5,9H2,1H3,(H,33,37)(H2,31,32,34,35)/t11-,13-,17+/m1/s1. The summed E-state index contributed by atoms with van der Waals surface area (Å²) in [4.78, 5) is 19.3. The number of nitrogens with one attached hydrogen (secondary N) is 3. The Kier molecular flexibility index (Phi) is 6.59. The van der Waals surface area contributed by atoms with Gasteiger partial charge in [0.2, 0.25) is 5.95 Å². The van der Waals surface area contributed by atoms with Crippen LogP contribution in [0.1, 0.15) is 55.6 Å². The molecule has 2 aliphatic rings. The van der Waals surface area contributed by atoms with Gasteiger partial charge in [0.1, 0.15) is 17.9 Å². The topological polar surface area (TPSA) is 118 Å². The summed E-state index contributed by atoms with van der Waals surface area (Å²) >= 11 is 0. The van der Waals surface area contributed by atoms with E-state index in [9.17, 15) is 31.1 Å². The number of carbonyl (C=O) groups excluding carboxylic acids is 1. The van der Waals surface area contributed by atoms with E-state index in [1.807, 2.05) is 6.92 Å². The second-order valence-electron chi connectivity index (χ2n) is 9.75. The fourth-order valence-electron chi connectivity index (χ4n) is 4.30. The Balaban J connectivity index is 1.32. The number of alkyl carbamates (subject to hydrolysis) is 1. The van der Waals surface area contributed by atoms with Crippen molar-refractivity contribution in [2.75, 3.05) is 5.32 Å². The number of imidazole rings is 1. The van der Waals surface area contributed by atoms with E-state index >= 15 is 4.39 Å². The van der Waals surface area contributed by atoms with Crippen molar-refractivity contribution in [1.82, 2.24) is 29.9 Å². The van der Waals surface area contributed by atoms with E-state index in [0.717, 1.165) is 23.4 Å². The number of ether oxygens (including phenoxy) is 2. The van der Waals surface area contributed by atoms with Crippen LogP contribution in [-0.4, -0.2) is 54.8 Å². The SMILES string of the molecule is CC1(NC(=O)O[C@@H]2CC[C@H](c3cc(Nc4nc(C(F)(F)F)cc5nc(COC(F)(F)F)cn45)n[nH]3)[C@@H]2F)CC1. The molecule has 0 unspecified atom stereocenters. The lowest BCUT2D eigenvalue weighted by Crippen LogP contribution is -2.38. The van der Waals surface area contributed by atoms with Crippen molar-refractivity contribution in [3.8, 4) is 0 Å². The number of anilines is 2. The Labute approximate surface area is 215 Å². The van der Waals surface area contributed by atoms with E-state index in [4.69, 9.17) is 4.74 Å². The maximum atomic E-state index is 15.1. The number of halogens is 7. The predicted molar refractivity (Wildman–Crippen MR) is 119 cm³/mol. The largest absolute Gasteiger partial charge is 0.522 e. The molecule has 0 aromatic carbocycles. The summed E-state index contributed by atoms with van der Waals surface area (Å²) in [5.41, 5.74) is -2.00. The van der Waals surface area contributed by atoms with Gasteiger partial charge in [0.25, 0.3) is 0 Å². The minimum Gasteiger partial charge on any atom is -0.443 e. The molecule has 3 aromatic heterocycles. The number of fused-ring (bicyclic) bond motifs is 1. The van der Waals surface area contributed by atoms with Crippen LogP contribution in [0.15, 0.2) is 18.3 Å². The summed E-state index contributed by atoms with van der Waals surface area (Å²) in [5, 5.41) is 11.8. The molecular weight excluding hydrogens is 543 g/mol. The lowest BCUT2D eigenvalue weighted by atomic mass is 10.0. The molecule has 212 valence electrons. The minimum absolute atomic E-state index is 0.0316. The molecule has 2 saturated carbocycles. The van der Waals surface area contributed by atoms with Crippen LogP contribution in [0.4, 0.5) is 47.3 Å². The van der Waals surface area contributed by atoms with Crippen molar-refractivity contribution in [2.45, 2.75) is 75.5 Å². The lowest BCUT2D eigenvalue weighted by Gasteiger charge is -2.19. The minimum atomic E-state index is -4.96. The maximum absolute atomic E-state index is 15.1. The number of alkyl halides is 7. The first-order chi connectivity index (χ1) is 18.2. The number of rotatable bonds is 7. The van der Waals surface area contributed by atoms with Crippen molar-refractivity contribution < 1.29 is 45.0 Å². The van der Waals surface area contributed by atoms with Crippen LogP contribution in [0.2, 0.25) is 0 Å². The highest BCUT2D eigenvalue weighted by molar-refractivity contribution is 5.69. The van der Waals surface area contributed by atoms with E-state index in [2.05, 4.69) is 35.5 Å². The van der Waals surface area contributed by atoms with Gasteiger partial charge in [-0.05, 0) is 32.6 Å². The zero-order chi connectivity index (χ0) is 28.2. The fraction of sp³-hybridized carbons (Fsp3) is 0.545. The van der Waals surface area contributed by atoms with Crippen molar-refractivity contribution in [3.05, 3.63) is 35.4 Å². The number of hydrogen-bond acceptors (Lipinski definition) is 7. The zero-order valence-corrected chi connectivity index (χ0v) is 20.2. The normalized spacial score (nSPS) is 22.7. The molecule has 0 bridgehead atoms. The second kappa shape index (κ2) is 9.53. The Hall–Kier alpha value is -3.63. The van der Waals surface area contributed by atoms with Gasteiger partial charge in [-0.15, -0.1) is 13.2 Å². The van der Waals surface area contributed by atoms with Crippen molar-refractivity contribution >= 4 is 23.5 Å². The van der Waals surface area contributed by atoms with Crippen LogP contribution < -0.4 is 10.6 Å². The molecule has 1 amide bonds. The molecular formula is C22H22F7N7O3. The Morgan fingerprint density at radius 3 is 2.59 bits per heavy atom. The second-order valence-corrected chi connectivity index (χ2v) is 9.75. The molecule has 2 aliphatic carbocycles. The number of aromatic amines is 1. The summed E-state index contributed by atoms with van der Waals surface area (Å²) in [7, 11) is 0. The third-order valence-corrected chi connectivity index (χ3v) is 6.58. The van der Waals surface area contributed by atoms with Crippen molar-refractivity contribution in [2.24, 2.45) is 0 Å². The quantitative estimate of drug-likeness (QED) is 0.341. The lowest BCUT2D eigenvalue weighted by molar-refractivity contribution is -0.330. The highest BCUT2D eigenvalue weighted by Gasteiger charge is 2.43. The Morgan fingerprint density at radius 2 is 1.92 bits per heavy atom. The number of nitrogens with zero attached hydrogens (tertiary/aromatic N) is 4. The molecule has 0 radical (unpaired) electrons. The zero-order valence-electron chi connectivity index (χ0n) is 20.2. The molecule has 3 atom stereocenters. The van der Waals surface area contributed by atoms with E-state index in [0.29, 0.717) is 18.2 Å². The van der Waals surface area contributed by atoms with Gasteiger partial charge < -0.3 is 15.4 Å². The molecule has 2 fully saturated rings. The first-order valence-electron chi connectivity index (χ1n) is 11.8. The summed E-state index contributed by atoms with van der Waals surface area (Å²) in [6, 6.07) is 1.94. The number of H-pyrrole nitrogens is 1. The molecule has 3 aromatic rings. The van der Waals surface area contributed by atoms with Gasteiger partial charge >= 0.3 is 18.6 Å². The predicted octanol–water partition coefficient (Wildman–Crippen LogP) is 5.11. The fourth-order valence-corrected chi connectivity index (χ4v) is 4.30. The molecule has 10 nitrogen and oxygen atoms in total. The molecule has 17 heteroatoms. The van der Waals surface area contributed by atoms with Crippen LogP contribution in [0.25, 0.3) is 5.65 Å². The Morgan fingerprint density at radius 1 is 1.18 bits per heavy atom. The molecule has 39 heavy (non-hydrogen) atoms. The average molecular weight is 565 g/mol. The molecule has 3 N–H and O–H groups in total. The van der Waals surface area contributed by atoms with Crippen molar-refractivity contribution in [3.63, 3.8) is 0 Å². The summed E-state index contributed by atoms with van der Waals surface area (Å²) < 4.78 is 103. The third kappa shape index (κ3) is 6.17. The van der Waals surface area contributed by atoms with Gasteiger partial charge in [0.15, 0.2) is 11.5 Å². The van der Waals surface area contributed by atoms with Crippen LogP contribution in [0.3, 0.4) is 0 Å². The van der Waals surface area contributed by atoms with Gasteiger partial charge in [-0.1, -0.05) is 0 Å².